The van der Waals surface area contributed by atoms with Crippen molar-refractivity contribution in [2.75, 3.05) is 6.61 Å². The fraction of sp³-hybridized carbons (Fsp3) is 0.714. The smallest absolute Gasteiger partial charge is 0.331 e. The van der Waals surface area contributed by atoms with Crippen LogP contribution >= 0.6 is 67.8 Å². The van der Waals surface area contributed by atoms with Gasteiger partial charge in [0.1, 0.15) is 42.5 Å². The molecule has 22 atom stereocenters. The number of cyclic esters (lactones) is 1. The number of carbonyl (C=O) groups excluding carboxylic acids is 1. The summed E-state index contributed by atoms with van der Waals surface area (Å²) < 4.78 is 50.4. The van der Waals surface area contributed by atoms with E-state index in [0.29, 0.717) is 33.8 Å². The van der Waals surface area contributed by atoms with Crippen LogP contribution in [0.1, 0.15) is 111 Å². The van der Waals surface area contributed by atoms with Gasteiger partial charge in [0.15, 0.2) is 24.6 Å². The summed E-state index contributed by atoms with van der Waals surface area (Å²) in [5.41, 5.74) is 5.54. The van der Waals surface area contributed by atoms with Crippen molar-refractivity contribution in [3.63, 3.8) is 0 Å². The van der Waals surface area contributed by atoms with Crippen molar-refractivity contribution in [3.8, 4) is 17.2 Å². The number of hydrogen-bond donors (Lipinski definition) is 9. The Hall–Kier alpha value is -1.61. The Kier molecular flexibility index (Phi) is 19.2. The molecule has 0 spiro atoms. The highest BCUT2D eigenvalue weighted by atomic mass is 127. The van der Waals surface area contributed by atoms with Crippen molar-refractivity contribution in [2.45, 2.75) is 209 Å². The first kappa shape index (κ1) is 61.0. The van der Waals surface area contributed by atoms with Gasteiger partial charge in [0.25, 0.3) is 0 Å². The summed E-state index contributed by atoms with van der Waals surface area (Å²) in [5, 5.41) is 85.3. The van der Waals surface area contributed by atoms with E-state index in [9.17, 15) is 45.3 Å². The first-order valence-corrected chi connectivity index (χ1v) is 30.6. The number of phenols is 1. The van der Waals surface area contributed by atoms with Crippen molar-refractivity contribution in [1.82, 2.24) is 0 Å². The molecule has 0 bridgehead atoms. The summed E-state index contributed by atoms with van der Waals surface area (Å²) in [4.78, 5) is 22.8. The summed E-state index contributed by atoms with van der Waals surface area (Å²) in [6, 6.07) is 7.83. The molecule has 0 amide bonds. The second kappa shape index (κ2) is 24.5. The third kappa shape index (κ3) is 12.3. The monoisotopic (exact) mass is 1430 g/mol. The maximum Gasteiger partial charge on any atom is 0.331 e. The van der Waals surface area contributed by atoms with Gasteiger partial charge in [-0.1, -0.05) is 13.8 Å². The zero-order valence-electron chi connectivity index (χ0n) is 44.5. The normalized spacial score (nSPS) is 42.7. The van der Waals surface area contributed by atoms with Crippen LogP contribution in [-0.4, -0.2) is 157 Å². The molecule has 4 aliphatic heterocycles. The van der Waals surface area contributed by atoms with Crippen LogP contribution in [0.3, 0.4) is 0 Å². The zero-order chi connectivity index (χ0) is 56.3. The number of fused-ring (bicyclic) bond motifs is 5. The van der Waals surface area contributed by atoms with E-state index in [1.165, 1.54) is 0 Å². The molecule has 22 heteroatoms. The van der Waals surface area contributed by atoms with Gasteiger partial charge in [-0.15, -0.1) is 0 Å². The predicted molar refractivity (Wildman–Crippen MR) is 305 cm³/mol. The zero-order valence-corrected chi connectivity index (χ0v) is 51.0. The topological polar surface area (TPSA) is 296 Å². The average molecular weight is 1430 g/mol. The van der Waals surface area contributed by atoms with Crippen LogP contribution in [-0.2, 0) is 49.2 Å². The molecule has 0 radical (unpaired) electrons. The van der Waals surface area contributed by atoms with Crippen LogP contribution in [0, 0.1) is 45.2 Å². The summed E-state index contributed by atoms with van der Waals surface area (Å²) >= 11 is 6.33. The van der Waals surface area contributed by atoms with Gasteiger partial charge in [-0.05, 0) is 217 Å². The number of phenolic OH excluding ortho intramolecular Hbond substituents is 1. The van der Waals surface area contributed by atoms with E-state index in [1.54, 1.807) is 38.1 Å². The Balaban J connectivity index is 0.000000269. The molecule has 78 heavy (non-hydrogen) atoms. The van der Waals surface area contributed by atoms with Gasteiger partial charge in [0.2, 0.25) is 0 Å². The number of esters is 1. The number of ether oxygens (including phenoxy) is 8. The predicted octanol–water partition coefficient (Wildman–Crippen LogP) is 6.17. The number of rotatable bonds is 12. The molecule has 10 rings (SSSR count). The molecule has 19 nitrogen and oxygen atoms in total. The van der Waals surface area contributed by atoms with Crippen molar-refractivity contribution < 1.29 is 88.3 Å². The molecule has 4 heterocycles. The third-order valence-electron chi connectivity index (χ3n) is 18.9. The molecule has 4 aliphatic carbocycles. The SMILES string of the molecule is C[C@H]1O[C@@H](O[C@H]2[C@@H](O)C[C@H](O[C@H]3[C@@H](O)C[C@H](O[C@H]4CC[C@@]5(C)[C@H](CC[C@@H]6[C@@H]5C[C@@H](O)[C@]5(C)[C@@H](C7=CC(=O)OC7)CC[C@]65O)C4)O[C@@H]3C)O[C@@H]2C)C[C@H](O)[C@@H]1O.N[C@@H](Cc1cc(I)c(Oc2ccc(O)c(I)c2)c(I)c1)C(=O)O. The Labute approximate surface area is 496 Å². The van der Waals surface area contributed by atoms with Gasteiger partial charge >= 0.3 is 11.9 Å². The van der Waals surface area contributed by atoms with Crippen LogP contribution in [0.2, 0.25) is 0 Å². The summed E-state index contributed by atoms with van der Waals surface area (Å²) in [7, 11) is 0. The minimum absolute atomic E-state index is 0.0452. The molecular formula is C56H76I3NO18. The van der Waals surface area contributed by atoms with Gasteiger partial charge in [0, 0.05) is 30.8 Å². The maximum atomic E-state index is 12.6. The molecule has 8 aliphatic rings. The van der Waals surface area contributed by atoms with E-state index in [-0.39, 0.29) is 73.3 Å². The summed E-state index contributed by atoms with van der Waals surface area (Å²) in [6.45, 7) is 9.90. The highest BCUT2D eigenvalue weighted by Crippen LogP contribution is 2.70. The summed E-state index contributed by atoms with van der Waals surface area (Å²) in [5.74, 6) is 0.711. The Bertz CT molecular complexity index is 2470. The molecule has 4 saturated carbocycles. The molecule has 3 saturated heterocycles. The van der Waals surface area contributed by atoms with Gasteiger partial charge < -0.3 is 84.5 Å². The molecule has 2 aromatic carbocycles. The first-order chi connectivity index (χ1) is 36.8. The van der Waals surface area contributed by atoms with E-state index in [1.807, 2.05) is 48.6 Å². The number of carboxylic acids is 1. The lowest BCUT2D eigenvalue weighted by molar-refractivity contribution is -0.336. The average Bonchev–Trinajstić information content (AvgIpc) is 4.10. The molecule has 0 unspecified atom stereocenters. The highest BCUT2D eigenvalue weighted by Gasteiger charge is 2.71. The number of carboxylic acid groups (broad SMARTS) is 1. The lowest BCUT2D eigenvalue weighted by atomic mass is 9.42. The van der Waals surface area contributed by atoms with Crippen LogP contribution in [0.4, 0.5) is 0 Å². The van der Waals surface area contributed by atoms with E-state index in [4.69, 9.17) is 48.7 Å². The highest BCUT2D eigenvalue weighted by molar-refractivity contribution is 14.1. The van der Waals surface area contributed by atoms with E-state index in [2.05, 4.69) is 52.1 Å². The molecule has 0 aromatic heterocycles. The first-order valence-electron chi connectivity index (χ1n) is 27.3. The van der Waals surface area contributed by atoms with E-state index < -0.39 is 103 Å². The number of aliphatic hydroxyl groups is 6. The number of nitrogens with two attached hydrogens (primary N) is 1. The Morgan fingerprint density at radius 3 is 1.92 bits per heavy atom. The number of hydrogen-bond acceptors (Lipinski definition) is 18. The molecular weight excluding hydrogens is 1360 g/mol. The van der Waals surface area contributed by atoms with Crippen LogP contribution in [0.15, 0.2) is 42.0 Å². The number of carbonyl (C=O) groups is 2. The number of aliphatic hydroxyl groups excluding tert-OH is 5. The number of benzene rings is 2. The molecule has 7 fully saturated rings. The molecule has 434 valence electrons. The minimum atomic E-state index is -1.02. The minimum Gasteiger partial charge on any atom is -0.507 e. The second-order valence-corrected chi connectivity index (χ2v) is 27.1. The van der Waals surface area contributed by atoms with Crippen molar-refractivity contribution in [3.05, 3.63) is 58.3 Å². The number of aromatic hydroxyl groups is 1. The van der Waals surface area contributed by atoms with Crippen LogP contribution < -0.4 is 10.5 Å². The second-order valence-electron chi connectivity index (χ2n) is 23.6. The van der Waals surface area contributed by atoms with Crippen molar-refractivity contribution >= 4 is 79.7 Å². The van der Waals surface area contributed by atoms with Gasteiger partial charge in [-0.2, -0.15) is 0 Å². The van der Waals surface area contributed by atoms with Gasteiger partial charge in [0.05, 0.1) is 65.1 Å². The lowest BCUT2D eigenvalue weighted by Crippen LogP contribution is -2.67. The van der Waals surface area contributed by atoms with Crippen LogP contribution in [0.5, 0.6) is 17.2 Å². The fourth-order valence-corrected chi connectivity index (χ4v) is 17.2. The van der Waals surface area contributed by atoms with Crippen LogP contribution in [0.25, 0.3) is 0 Å². The third-order valence-corrected chi connectivity index (χ3v) is 21.4. The lowest BCUT2D eigenvalue weighted by Gasteiger charge is -2.65. The largest absolute Gasteiger partial charge is 0.507 e. The fourth-order valence-electron chi connectivity index (χ4n) is 14.6. The number of aliphatic carboxylic acids is 1. The number of halogens is 3. The molecule has 2 aromatic rings. The quantitative estimate of drug-likeness (QED) is 0.0652. The van der Waals surface area contributed by atoms with Gasteiger partial charge in [-0.3, -0.25) is 4.79 Å². The van der Waals surface area contributed by atoms with Gasteiger partial charge in [-0.25, -0.2) is 4.79 Å². The van der Waals surface area contributed by atoms with Crippen molar-refractivity contribution in [1.29, 1.82) is 0 Å². The maximum absolute atomic E-state index is 12.6. The van der Waals surface area contributed by atoms with E-state index in [0.717, 1.165) is 56.8 Å². The van der Waals surface area contributed by atoms with E-state index >= 15 is 0 Å². The Morgan fingerprint density at radius 2 is 1.36 bits per heavy atom. The standard InChI is InChI=1S/C41H64O14.C15H12I3NO4/c1-19-36(47)28(42)15-34(50-19)54-38-21(3)52-35(17-30(38)44)55-37-20(2)51-33(16-29(37)43)53-24-8-10-39(4)23(13-24)6-7-26-27(39)14-31(45)40(5)25(9-11-41(26,40)48)22-12-32(46)49-18-22;16-9-6-8(1-2-13(9)20)23-14-10(17)3-7(4-11(14)18)5-12(19)15(21)22/h12,19-21,23-31,33-38,42-45,47-48H,6-11,13-18H2,1-5H3;1-4,6,12,20H,5,19H2,(H,21,22)/t19-,20-,21-,23-,24+,25-,26-,27+,28+,29+,30+,31-,33+,34+,35+,36-,37-,38-,39+,40+,41+;12-/m10/s1. The summed E-state index contributed by atoms with van der Waals surface area (Å²) in [6.07, 6.45) is -1.25. The van der Waals surface area contributed by atoms with Crippen molar-refractivity contribution in [2.24, 2.45) is 40.2 Å². The molecule has 10 N–H and O–H groups in total. The Morgan fingerprint density at radius 1 is 0.756 bits per heavy atom.